The zero-order chi connectivity index (χ0) is 9.95. The molecule has 0 atom stereocenters. The molecule has 1 heteroatoms. The highest BCUT2D eigenvalue weighted by Crippen LogP contribution is 2.48. The lowest BCUT2D eigenvalue weighted by Crippen LogP contribution is -2.34. The van der Waals surface area contributed by atoms with Crippen molar-refractivity contribution in [3.05, 3.63) is 0 Å². The molecule has 0 amide bonds. The van der Waals surface area contributed by atoms with Crippen molar-refractivity contribution in [3.8, 4) is 0 Å². The third kappa shape index (κ3) is 2.25. The molecule has 0 aliphatic heterocycles. The second kappa shape index (κ2) is 4.00. The van der Waals surface area contributed by atoms with Crippen LogP contribution in [0.15, 0.2) is 0 Å². The molecule has 13 heavy (non-hydrogen) atoms. The smallest absolute Gasteiger partial charge is 0.0484 e. The molecule has 1 saturated carbocycles. The summed E-state index contributed by atoms with van der Waals surface area (Å²) in [5.74, 6) is 0. The summed E-state index contributed by atoms with van der Waals surface area (Å²) in [5.41, 5.74) is 0.836. The van der Waals surface area contributed by atoms with E-state index in [-0.39, 0.29) is 5.41 Å². The maximum atomic E-state index is 9.27. The Balaban J connectivity index is 2.54. The third-order valence-corrected chi connectivity index (χ3v) is 4.40. The Labute approximate surface area is 82.5 Å². The fraction of sp³-hybridized carbons (Fsp3) is 1.00. The van der Waals surface area contributed by atoms with Gasteiger partial charge in [0.25, 0.3) is 0 Å². The van der Waals surface area contributed by atoms with E-state index >= 15 is 0 Å². The van der Waals surface area contributed by atoms with Crippen molar-refractivity contribution < 1.29 is 5.11 Å². The highest BCUT2D eigenvalue weighted by Gasteiger charge is 2.37. The second-order valence-corrected chi connectivity index (χ2v) is 5.18. The van der Waals surface area contributed by atoms with Crippen molar-refractivity contribution in [1.29, 1.82) is 0 Å². The quantitative estimate of drug-likeness (QED) is 0.713. The Bertz CT molecular complexity index is 149. The summed E-state index contributed by atoms with van der Waals surface area (Å²) < 4.78 is 0. The maximum absolute atomic E-state index is 9.27. The molecule has 78 valence electrons. The Morgan fingerprint density at radius 1 is 1.00 bits per heavy atom. The largest absolute Gasteiger partial charge is 0.396 e. The van der Waals surface area contributed by atoms with Crippen LogP contribution in [0, 0.1) is 10.8 Å². The summed E-state index contributed by atoms with van der Waals surface area (Å²) in [6.45, 7) is 7.22. The van der Waals surface area contributed by atoms with E-state index in [1.165, 1.54) is 38.5 Å². The molecule has 0 radical (unpaired) electrons. The second-order valence-electron chi connectivity index (χ2n) is 5.18. The van der Waals surface area contributed by atoms with Crippen molar-refractivity contribution in [3.63, 3.8) is 0 Å². The lowest BCUT2D eigenvalue weighted by atomic mass is 9.62. The molecule has 0 bridgehead atoms. The van der Waals surface area contributed by atoms with E-state index in [1.807, 2.05) is 0 Å². The summed E-state index contributed by atoms with van der Waals surface area (Å²) in [5, 5.41) is 9.27. The molecule has 0 spiro atoms. The normalized spacial score (nSPS) is 25.8. The van der Waals surface area contributed by atoms with Crippen LogP contribution in [0.3, 0.4) is 0 Å². The molecule has 0 unspecified atom stereocenters. The minimum Gasteiger partial charge on any atom is -0.396 e. The molecule has 1 N–H and O–H groups in total. The molecule has 0 heterocycles. The van der Waals surface area contributed by atoms with Crippen molar-refractivity contribution in [2.24, 2.45) is 10.8 Å². The van der Waals surface area contributed by atoms with E-state index < -0.39 is 0 Å². The number of hydrogen-bond donors (Lipinski definition) is 1. The summed E-state index contributed by atoms with van der Waals surface area (Å²) in [6.07, 6.45) is 7.68. The molecule has 0 aromatic carbocycles. The fourth-order valence-corrected chi connectivity index (χ4v) is 2.50. The van der Waals surface area contributed by atoms with Crippen LogP contribution in [0.2, 0.25) is 0 Å². The van der Waals surface area contributed by atoms with E-state index in [9.17, 15) is 5.11 Å². The van der Waals surface area contributed by atoms with Crippen LogP contribution in [0.4, 0.5) is 0 Å². The molecular formula is C12H24O. The summed E-state index contributed by atoms with van der Waals surface area (Å²) in [6, 6.07) is 0. The van der Waals surface area contributed by atoms with Crippen LogP contribution in [0.1, 0.15) is 59.3 Å². The first-order chi connectivity index (χ1) is 6.10. The van der Waals surface area contributed by atoms with Gasteiger partial charge in [0.2, 0.25) is 0 Å². The van der Waals surface area contributed by atoms with Gasteiger partial charge in [-0.15, -0.1) is 0 Å². The van der Waals surface area contributed by atoms with Crippen LogP contribution < -0.4 is 0 Å². The van der Waals surface area contributed by atoms with Crippen molar-refractivity contribution >= 4 is 0 Å². The van der Waals surface area contributed by atoms with E-state index in [0.717, 1.165) is 0 Å². The van der Waals surface area contributed by atoms with Gasteiger partial charge in [0.05, 0.1) is 0 Å². The molecule has 0 saturated heterocycles. The van der Waals surface area contributed by atoms with Gasteiger partial charge in [0, 0.05) is 6.61 Å². The van der Waals surface area contributed by atoms with Crippen LogP contribution in [0.5, 0.6) is 0 Å². The highest BCUT2D eigenvalue weighted by atomic mass is 16.3. The molecule has 1 nitrogen and oxygen atoms in total. The lowest BCUT2D eigenvalue weighted by Gasteiger charge is -2.43. The Kier molecular flexibility index (Phi) is 3.39. The first kappa shape index (κ1) is 11.0. The first-order valence-corrected chi connectivity index (χ1v) is 5.71. The molecule has 1 aliphatic carbocycles. The minimum absolute atomic E-state index is 0.230. The van der Waals surface area contributed by atoms with Crippen LogP contribution >= 0.6 is 0 Å². The van der Waals surface area contributed by atoms with Gasteiger partial charge in [-0.2, -0.15) is 0 Å². The number of rotatable bonds is 3. The van der Waals surface area contributed by atoms with Gasteiger partial charge in [-0.3, -0.25) is 0 Å². The van der Waals surface area contributed by atoms with E-state index in [4.69, 9.17) is 0 Å². The Hall–Kier alpha value is -0.0400. The van der Waals surface area contributed by atoms with E-state index in [0.29, 0.717) is 12.0 Å². The summed E-state index contributed by atoms with van der Waals surface area (Å²) >= 11 is 0. The van der Waals surface area contributed by atoms with Gasteiger partial charge in [-0.05, 0) is 36.5 Å². The standard InChI is InChI=1S/C12H24O/c1-4-12(5-2)8-6-11(3,10-13)7-9-12/h13H,4-10H2,1-3H3. The van der Waals surface area contributed by atoms with Gasteiger partial charge >= 0.3 is 0 Å². The zero-order valence-electron chi connectivity index (χ0n) is 9.40. The molecule has 1 fully saturated rings. The molecular weight excluding hydrogens is 160 g/mol. The molecule has 0 aromatic heterocycles. The first-order valence-electron chi connectivity index (χ1n) is 5.71. The molecule has 1 aliphatic rings. The highest BCUT2D eigenvalue weighted by molar-refractivity contribution is 4.89. The number of hydrogen-bond acceptors (Lipinski definition) is 1. The van der Waals surface area contributed by atoms with Crippen LogP contribution in [-0.2, 0) is 0 Å². The van der Waals surface area contributed by atoms with E-state index in [2.05, 4.69) is 20.8 Å². The van der Waals surface area contributed by atoms with Crippen molar-refractivity contribution in [1.82, 2.24) is 0 Å². The predicted octanol–water partition coefficient (Wildman–Crippen LogP) is 3.37. The molecule has 1 rings (SSSR count). The topological polar surface area (TPSA) is 20.2 Å². The summed E-state index contributed by atoms with van der Waals surface area (Å²) in [7, 11) is 0. The van der Waals surface area contributed by atoms with Crippen LogP contribution in [0.25, 0.3) is 0 Å². The Morgan fingerprint density at radius 3 is 1.77 bits per heavy atom. The fourth-order valence-electron chi connectivity index (χ4n) is 2.50. The maximum Gasteiger partial charge on any atom is 0.0484 e. The molecule has 0 aromatic rings. The number of aliphatic hydroxyl groups is 1. The SMILES string of the molecule is CCC1(CC)CCC(C)(CO)CC1. The number of aliphatic hydroxyl groups excluding tert-OH is 1. The van der Waals surface area contributed by atoms with Gasteiger partial charge in [0.15, 0.2) is 0 Å². The van der Waals surface area contributed by atoms with E-state index in [1.54, 1.807) is 0 Å². The van der Waals surface area contributed by atoms with Gasteiger partial charge in [-0.25, -0.2) is 0 Å². The predicted molar refractivity (Wildman–Crippen MR) is 56.7 cm³/mol. The average molecular weight is 184 g/mol. The Morgan fingerprint density at radius 2 is 1.46 bits per heavy atom. The average Bonchev–Trinajstić information content (AvgIpc) is 2.20. The van der Waals surface area contributed by atoms with Crippen molar-refractivity contribution in [2.45, 2.75) is 59.3 Å². The van der Waals surface area contributed by atoms with Crippen molar-refractivity contribution in [2.75, 3.05) is 6.61 Å². The van der Waals surface area contributed by atoms with Gasteiger partial charge in [-0.1, -0.05) is 33.6 Å². The van der Waals surface area contributed by atoms with Gasteiger partial charge < -0.3 is 5.11 Å². The lowest BCUT2D eigenvalue weighted by molar-refractivity contribution is 0.0357. The zero-order valence-corrected chi connectivity index (χ0v) is 9.40. The minimum atomic E-state index is 0.230. The van der Waals surface area contributed by atoms with Crippen LogP contribution in [-0.4, -0.2) is 11.7 Å². The third-order valence-electron chi connectivity index (χ3n) is 4.40. The summed E-state index contributed by atoms with van der Waals surface area (Å²) in [4.78, 5) is 0. The monoisotopic (exact) mass is 184 g/mol. The van der Waals surface area contributed by atoms with Gasteiger partial charge in [0.1, 0.15) is 0 Å².